The van der Waals surface area contributed by atoms with Gasteiger partial charge in [0.1, 0.15) is 5.75 Å². The second-order valence-electron chi connectivity index (χ2n) is 4.82. The first-order valence-electron chi connectivity index (χ1n) is 6.81. The molecule has 0 unspecified atom stereocenters. The summed E-state index contributed by atoms with van der Waals surface area (Å²) in [6.07, 6.45) is 3.47. The second kappa shape index (κ2) is 6.80. The van der Waals surface area contributed by atoms with Gasteiger partial charge < -0.3 is 15.0 Å². The summed E-state index contributed by atoms with van der Waals surface area (Å²) in [5.74, 6) is 0.925. The van der Waals surface area contributed by atoms with E-state index >= 15 is 0 Å². The summed E-state index contributed by atoms with van der Waals surface area (Å²) in [6, 6.07) is 11.1. The molecule has 2 aromatic rings. The minimum Gasteiger partial charge on any atom is -0.493 e. The fourth-order valence-corrected chi connectivity index (χ4v) is 2.01. The predicted molar refractivity (Wildman–Crippen MR) is 81.0 cm³/mol. The number of nitrogens with zero attached hydrogens (tertiary/aromatic N) is 1. The molecule has 0 spiro atoms. The molecule has 0 aliphatic carbocycles. The number of aromatic nitrogens is 1. The van der Waals surface area contributed by atoms with Crippen molar-refractivity contribution in [2.75, 3.05) is 12.3 Å². The second-order valence-corrected chi connectivity index (χ2v) is 4.82. The van der Waals surface area contributed by atoms with Crippen LogP contribution in [0.4, 0.5) is 5.69 Å². The number of nitrogens with two attached hydrogens (primary N) is 1. The van der Waals surface area contributed by atoms with E-state index in [0.29, 0.717) is 18.8 Å². The highest BCUT2D eigenvalue weighted by molar-refractivity contribution is 5.33. The maximum Gasteiger partial charge on any atom is 0.250 e. The van der Waals surface area contributed by atoms with Crippen LogP contribution in [0.5, 0.6) is 5.75 Å². The lowest BCUT2D eigenvalue weighted by Crippen LogP contribution is -2.19. The Bertz CT molecular complexity index is 620. The van der Waals surface area contributed by atoms with Crippen LogP contribution in [-0.2, 0) is 6.54 Å². The molecule has 4 nitrogen and oxygen atoms in total. The third-order valence-electron chi connectivity index (χ3n) is 3.15. The normalized spacial score (nSPS) is 10.4. The summed E-state index contributed by atoms with van der Waals surface area (Å²) in [5.41, 5.74) is 7.40. The van der Waals surface area contributed by atoms with Gasteiger partial charge in [-0.2, -0.15) is 0 Å². The number of nitrogen functional groups attached to an aromatic ring is 1. The Morgan fingerprint density at radius 3 is 2.75 bits per heavy atom. The highest BCUT2D eigenvalue weighted by Crippen LogP contribution is 2.16. The van der Waals surface area contributed by atoms with E-state index in [0.717, 1.165) is 24.2 Å². The fourth-order valence-electron chi connectivity index (χ4n) is 2.01. The molecule has 0 saturated heterocycles. The molecule has 0 bridgehead atoms. The van der Waals surface area contributed by atoms with Crippen LogP contribution < -0.4 is 16.0 Å². The molecule has 0 amide bonds. The molecule has 20 heavy (non-hydrogen) atoms. The van der Waals surface area contributed by atoms with Gasteiger partial charge in [-0.3, -0.25) is 4.79 Å². The molecular formula is C16H20N2O2. The van der Waals surface area contributed by atoms with Crippen LogP contribution in [0, 0.1) is 6.92 Å². The zero-order valence-electron chi connectivity index (χ0n) is 11.7. The Kier molecular flexibility index (Phi) is 4.82. The van der Waals surface area contributed by atoms with Gasteiger partial charge in [-0.15, -0.1) is 0 Å². The molecule has 1 aromatic heterocycles. The van der Waals surface area contributed by atoms with Gasteiger partial charge in [-0.05, 0) is 37.5 Å². The SMILES string of the molecule is Cc1ccccc1OCCCCn1cc(N)ccc1=O. The summed E-state index contributed by atoms with van der Waals surface area (Å²) in [5, 5.41) is 0. The Balaban J connectivity index is 1.76. The van der Waals surface area contributed by atoms with Gasteiger partial charge in [-0.1, -0.05) is 18.2 Å². The van der Waals surface area contributed by atoms with Gasteiger partial charge in [-0.25, -0.2) is 0 Å². The maximum atomic E-state index is 11.6. The van der Waals surface area contributed by atoms with Crippen molar-refractivity contribution < 1.29 is 4.74 Å². The lowest BCUT2D eigenvalue weighted by atomic mass is 10.2. The minimum absolute atomic E-state index is 0.0148. The molecule has 2 rings (SSSR count). The van der Waals surface area contributed by atoms with Crippen LogP contribution in [0.3, 0.4) is 0 Å². The van der Waals surface area contributed by atoms with Gasteiger partial charge in [0.05, 0.1) is 6.61 Å². The number of anilines is 1. The van der Waals surface area contributed by atoms with Crippen LogP contribution in [0.25, 0.3) is 0 Å². The average molecular weight is 272 g/mol. The summed E-state index contributed by atoms with van der Waals surface area (Å²) < 4.78 is 7.36. The van der Waals surface area contributed by atoms with Crippen molar-refractivity contribution in [1.29, 1.82) is 0 Å². The topological polar surface area (TPSA) is 57.2 Å². The molecule has 2 N–H and O–H groups in total. The number of rotatable bonds is 6. The van der Waals surface area contributed by atoms with Crippen molar-refractivity contribution in [2.24, 2.45) is 0 Å². The quantitative estimate of drug-likeness (QED) is 0.822. The Labute approximate surface area is 118 Å². The van der Waals surface area contributed by atoms with E-state index in [2.05, 4.69) is 0 Å². The van der Waals surface area contributed by atoms with Crippen molar-refractivity contribution in [3.8, 4) is 5.75 Å². The molecule has 0 radical (unpaired) electrons. The Hall–Kier alpha value is -2.23. The lowest BCUT2D eigenvalue weighted by Gasteiger charge is -2.09. The third-order valence-corrected chi connectivity index (χ3v) is 3.15. The first-order chi connectivity index (χ1) is 9.66. The average Bonchev–Trinajstić information content (AvgIpc) is 2.44. The number of aryl methyl sites for hydroxylation is 2. The number of ether oxygens (including phenoxy) is 1. The van der Waals surface area contributed by atoms with Crippen LogP contribution in [-0.4, -0.2) is 11.2 Å². The van der Waals surface area contributed by atoms with Gasteiger partial charge in [0.2, 0.25) is 0 Å². The first kappa shape index (κ1) is 14.2. The summed E-state index contributed by atoms with van der Waals surface area (Å²) in [7, 11) is 0. The fraction of sp³-hybridized carbons (Fsp3) is 0.312. The van der Waals surface area contributed by atoms with E-state index in [4.69, 9.17) is 10.5 Å². The maximum absolute atomic E-state index is 11.6. The molecule has 106 valence electrons. The van der Waals surface area contributed by atoms with Crippen LogP contribution in [0.1, 0.15) is 18.4 Å². The molecule has 1 aromatic carbocycles. The van der Waals surface area contributed by atoms with E-state index in [1.165, 1.54) is 6.07 Å². The number of unbranched alkanes of at least 4 members (excludes halogenated alkanes) is 1. The van der Waals surface area contributed by atoms with Crippen molar-refractivity contribution in [2.45, 2.75) is 26.3 Å². The van der Waals surface area contributed by atoms with E-state index in [9.17, 15) is 4.79 Å². The van der Waals surface area contributed by atoms with Crippen LogP contribution in [0.15, 0.2) is 47.4 Å². The Morgan fingerprint density at radius 1 is 1.15 bits per heavy atom. The predicted octanol–water partition coefficient (Wildman–Crippen LogP) is 2.60. The third kappa shape index (κ3) is 3.88. The van der Waals surface area contributed by atoms with E-state index in [-0.39, 0.29) is 5.56 Å². The number of para-hydroxylation sites is 1. The van der Waals surface area contributed by atoms with Crippen molar-refractivity contribution >= 4 is 5.69 Å². The molecule has 1 heterocycles. The first-order valence-corrected chi connectivity index (χ1v) is 6.81. The van der Waals surface area contributed by atoms with E-state index < -0.39 is 0 Å². The number of benzene rings is 1. The zero-order chi connectivity index (χ0) is 14.4. The summed E-state index contributed by atoms with van der Waals surface area (Å²) in [6.45, 7) is 3.35. The van der Waals surface area contributed by atoms with Gasteiger partial charge in [0.25, 0.3) is 5.56 Å². The van der Waals surface area contributed by atoms with Crippen molar-refractivity contribution in [3.05, 3.63) is 58.5 Å². The molecule has 0 atom stereocenters. The van der Waals surface area contributed by atoms with Gasteiger partial charge >= 0.3 is 0 Å². The highest BCUT2D eigenvalue weighted by atomic mass is 16.5. The number of pyridine rings is 1. The summed E-state index contributed by atoms with van der Waals surface area (Å²) >= 11 is 0. The molecule has 0 fully saturated rings. The van der Waals surface area contributed by atoms with Crippen LogP contribution in [0.2, 0.25) is 0 Å². The molecule has 4 heteroatoms. The molecule has 0 aliphatic heterocycles. The highest BCUT2D eigenvalue weighted by Gasteiger charge is 1.99. The lowest BCUT2D eigenvalue weighted by molar-refractivity contribution is 0.301. The number of hydrogen-bond acceptors (Lipinski definition) is 3. The zero-order valence-corrected chi connectivity index (χ0v) is 11.7. The van der Waals surface area contributed by atoms with Crippen molar-refractivity contribution in [1.82, 2.24) is 4.57 Å². The molecule has 0 aliphatic rings. The molecular weight excluding hydrogens is 252 g/mol. The Morgan fingerprint density at radius 2 is 1.95 bits per heavy atom. The van der Waals surface area contributed by atoms with Crippen LogP contribution >= 0.6 is 0 Å². The van der Waals surface area contributed by atoms with Gasteiger partial charge in [0, 0.05) is 24.5 Å². The van der Waals surface area contributed by atoms with E-state index in [1.807, 2.05) is 31.2 Å². The standard InChI is InChI=1S/C16H20N2O2/c1-13-6-2-3-7-15(13)20-11-5-4-10-18-12-14(17)8-9-16(18)19/h2-3,6-9,12H,4-5,10-11,17H2,1H3. The summed E-state index contributed by atoms with van der Waals surface area (Å²) in [4.78, 5) is 11.6. The van der Waals surface area contributed by atoms with Crippen molar-refractivity contribution in [3.63, 3.8) is 0 Å². The van der Waals surface area contributed by atoms with Gasteiger partial charge in [0.15, 0.2) is 0 Å². The minimum atomic E-state index is -0.0148. The molecule has 0 saturated carbocycles. The van der Waals surface area contributed by atoms with E-state index in [1.54, 1.807) is 16.8 Å². The largest absolute Gasteiger partial charge is 0.493 e. The number of hydrogen-bond donors (Lipinski definition) is 1. The smallest absolute Gasteiger partial charge is 0.250 e. The monoisotopic (exact) mass is 272 g/mol.